The average molecular weight is 255 g/mol. The number of benzene rings is 1. The molecule has 0 aliphatic rings. The topological polar surface area (TPSA) is 34.1 Å². The highest BCUT2D eigenvalue weighted by atomic mass is 79.9. The first kappa shape index (κ1) is 11.1. The SMILES string of the molecule is CC(C=O)c1cccc(C=O)c1CBr. The number of rotatable bonds is 4. The number of hydrogen-bond donors (Lipinski definition) is 0. The van der Waals surface area contributed by atoms with Crippen LogP contribution in [0.1, 0.15) is 34.3 Å². The van der Waals surface area contributed by atoms with E-state index < -0.39 is 0 Å². The van der Waals surface area contributed by atoms with Crippen LogP contribution in [-0.2, 0) is 10.1 Å². The lowest BCUT2D eigenvalue weighted by molar-refractivity contribution is -0.108. The molecule has 0 saturated heterocycles. The highest BCUT2D eigenvalue weighted by Gasteiger charge is 2.11. The Bertz CT molecular complexity index is 347. The van der Waals surface area contributed by atoms with E-state index in [4.69, 9.17) is 0 Å². The van der Waals surface area contributed by atoms with Gasteiger partial charge in [0.2, 0.25) is 0 Å². The molecule has 1 unspecified atom stereocenters. The maximum Gasteiger partial charge on any atom is 0.150 e. The van der Waals surface area contributed by atoms with E-state index in [1.165, 1.54) is 0 Å². The minimum atomic E-state index is -0.164. The number of aldehydes is 2. The van der Waals surface area contributed by atoms with Gasteiger partial charge >= 0.3 is 0 Å². The number of carbonyl (C=O) groups is 2. The van der Waals surface area contributed by atoms with Crippen molar-refractivity contribution in [3.63, 3.8) is 0 Å². The van der Waals surface area contributed by atoms with E-state index >= 15 is 0 Å². The molecule has 1 aromatic rings. The summed E-state index contributed by atoms with van der Waals surface area (Å²) in [4.78, 5) is 21.4. The summed E-state index contributed by atoms with van der Waals surface area (Å²) in [6.45, 7) is 1.82. The first-order valence-electron chi connectivity index (χ1n) is 4.32. The zero-order chi connectivity index (χ0) is 10.6. The molecular formula is C11H11BrO2. The van der Waals surface area contributed by atoms with Gasteiger partial charge in [0.25, 0.3) is 0 Å². The van der Waals surface area contributed by atoms with Gasteiger partial charge in [-0.05, 0) is 11.1 Å². The number of carbonyl (C=O) groups excluding carboxylic acids is 2. The Morgan fingerprint density at radius 1 is 1.43 bits per heavy atom. The van der Waals surface area contributed by atoms with Gasteiger partial charge in [-0.15, -0.1) is 0 Å². The summed E-state index contributed by atoms with van der Waals surface area (Å²) in [6, 6.07) is 5.43. The van der Waals surface area contributed by atoms with E-state index in [-0.39, 0.29) is 5.92 Å². The Kier molecular flexibility index (Phi) is 4.01. The minimum Gasteiger partial charge on any atom is -0.303 e. The van der Waals surface area contributed by atoms with Crippen molar-refractivity contribution >= 4 is 28.5 Å². The lowest BCUT2D eigenvalue weighted by Gasteiger charge is -2.11. The molecule has 1 aromatic carbocycles. The molecular weight excluding hydrogens is 244 g/mol. The van der Waals surface area contributed by atoms with Crippen LogP contribution in [0.15, 0.2) is 18.2 Å². The van der Waals surface area contributed by atoms with Crippen molar-refractivity contribution in [3.05, 3.63) is 34.9 Å². The van der Waals surface area contributed by atoms with Crippen LogP contribution in [0, 0.1) is 0 Å². The van der Waals surface area contributed by atoms with Gasteiger partial charge in [-0.2, -0.15) is 0 Å². The maximum atomic E-state index is 10.7. The zero-order valence-electron chi connectivity index (χ0n) is 7.87. The van der Waals surface area contributed by atoms with Crippen LogP contribution in [0.5, 0.6) is 0 Å². The Morgan fingerprint density at radius 3 is 2.64 bits per heavy atom. The van der Waals surface area contributed by atoms with Crippen LogP contribution >= 0.6 is 15.9 Å². The van der Waals surface area contributed by atoms with Crippen molar-refractivity contribution in [2.24, 2.45) is 0 Å². The molecule has 0 fully saturated rings. The molecule has 0 amide bonds. The van der Waals surface area contributed by atoms with Gasteiger partial charge in [0, 0.05) is 16.8 Å². The van der Waals surface area contributed by atoms with Gasteiger partial charge in [0.1, 0.15) is 12.6 Å². The second kappa shape index (κ2) is 5.05. The van der Waals surface area contributed by atoms with E-state index in [1.807, 2.05) is 13.0 Å². The predicted molar refractivity (Wildman–Crippen MR) is 58.9 cm³/mol. The fourth-order valence-corrected chi connectivity index (χ4v) is 2.04. The van der Waals surface area contributed by atoms with E-state index in [0.29, 0.717) is 10.9 Å². The van der Waals surface area contributed by atoms with Crippen molar-refractivity contribution in [3.8, 4) is 0 Å². The molecule has 0 aliphatic heterocycles. The lowest BCUT2D eigenvalue weighted by atomic mass is 9.94. The van der Waals surface area contributed by atoms with Crippen LogP contribution in [-0.4, -0.2) is 12.6 Å². The monoisotopic (exact) mass is 254 g/mol. The van der Waals surface area contributed by atoms with Gasteiger partial charge in [0.15, 0.2) is 0 Å². The molecule has 0 saturated carbocycles. The molecule has 2 nitrogen and oxygen atoms in total. The molecule has 0 aliphatic carbocycles. The smallest absolute Gasteiger partial charge is 0.150 e. The van der Waals surface area contributed by atoms with E-state index in [2.05, 4.69) is 15.9 Å². The summed E-state index contributed by atoms with van der Waals surface area (Å²) in [5.74, 6) is -0.164. The van der Waals surface area contributed by atoms with Crippen LogP contribution in [0.2, 0.25) is 0 Å². The third kappa shape index (κ3) is 2.10. The molecule has 0 aromatic heterocycles. The Hall–Kier alpha value is -0.960. The summed E-state index contributed by atoms with van der Waals surface area (Å²) in [7, 11) is 0. The first-order chi connectivity index (χ1) is 6.74. The van der Waals surface area contributed by atoms with Crippen LogP contribution in [0.3, 0.4) is 0 Å². The molecule has 0 heterocycles. The Morgan fingerprint density at radius 2 is 2.14 bits per heavy atom. The van der Waals surface area contributed by atoms with E-state index in [9.17, 15) is 9.59 Å². The molecule has 0 spiro atoms. The molecule has 1 rings (SSSR count). The van der Waals surface area contributed by atoms with Crippen molar-refractivity contribution in [1.82, 2.24) is 0 Å². The highest BCUT2D eigenvalue weighted by Crippen LogP contribution is 2.23. The van der Waals surface area contributed by atoms with Crippen molar-refractivity contribution in [2.45, 2.75) is 18.2 Å². The largest absolute Gasteiger partial charge is 0.303 e. The standard InChI is InChI=1S/C11H11BrO2/c1-8(6-13)10-4-2-3-9(7-14)11(10)5-12/h2-4,6-8H,5H2,1H3. The first-order valence-corrected chi connectivity index (χ1v) is 5.45. The second-order valence-electron chi connectivity index (χ2n) is 3.09. The molecule has 1 atom stereocenters. The van der Waals surface area contributed by atoms with Crippen molar-refractivity contribution < 1.29 is 9.59 Å². The fourth-order valence-electron chi connectivity index (χ4n) is 1.39. The number of halogens is 1. The van der Waals surface area contributed by atoms with Gasteiger partial charge in [-0.1, -0.05) is 41.1 Å². The van der Waals surface area contributed by atoms with Crippen LogP contribution < -0.4 is 0 Å². The Labute approximate surface area is 91.4 Å². The molecule has 3 heteroatoms. The van der Waals surface area contributed by atoms with Gasteiger partial charge < -0.3 is 4.79 Å². The third-order valence-corrected chi connectivity index (χ3v) is 2.76. The second-order valence-corrected chi connectivity index (χ2v) is 3.65. The van der Waals surface area contributed by atoms with Crippen molar-refractivity contribution in [1.29, 1.82) is 0 Å². The summed E-state index contributed by atoms with van der Waals surface area (Å²) >= 11 is 3.32. The van der Waals surface area contributed by atoms with Gasteiger partial charge in [0.05, 0.1) is 0 Å². The molecule has 0 N–H and O–H groups in total. The van der Waals surface area contributed by atoms with E-state index in [1.54, 1.807) is 12.1 Å². The molecule has 0 bridgehead atoms. The minimum absolute atomic E-state index is 0.164. The zero-order valence-corrected chi connectivity index (χ0v) is 9.45. The third-order valence-electron chi connectivity index (χ3n) is 2.20. The molecule has 14 heavy (non-hydrogen) atoms. The average Bonchev–Trinajstić information content (AvgIpc) is 2.26. The lowest BCUT2D eigenvalue weighted by Crippen LogP contribution is -2.02. The summed E-state index contributed by atoms with van der Waals surface area (Å²) in [6.07, 6.45) is 1.70. The fraction of sp³-hybridized carbons (Fsp3) is 0.273. The normalized spacial score (nSPS) is 12.1. The highest BCUT2D eigenvalue weighted by molar-refractivity contribution is 9.08. The predicted octanol–water partition coefficient (Wildman–Crippen LogP) is 2.70. The molecule has 74 valence electrons. The van der Waals surface area contributed by atoms with Gasteiger partial charge in [-0.3, -0.25) is 4.79 Å². The van der Waals surface area contributed by atoms with Crippen LogP contribution in [0.25, 0.3) is 0 Å². The Balaban J connectivity index is 3.27. The number of hydrogen-bond acceptors (Lipinski definition) is 2. The molecule has 0 radical (unpaired) electrons. The summed E-state index contributed by atoms with van der Waals surface area (Å²) in [5.41, 5.74) is 2.47. The van der Waals surface area contributed by atoms with E-state index in [0.717, 1.165) is 23.7 Å². The summed E-state index contributed by atoms with van der Waals surface area (Å²) < 4.78 is 0. The van der Waals surface area contributed by atoms with Crippen molar-refractivity contribution in [2.75, 3.05) is 0 Å². The van der Waals surface area contributed by atoms with Crippen LogP contribution in [0.4, 0.5) is 0 Å². The van der Waals surface area contributed by atoms with Gasteiger partial charge in [-0.25, -0.2) is 0 Å². The maximum absolute atomic E-state index is 10.7. The summed E-state index contributed by atoms with van der Waals surface area (Å²) in [5, 5.41) is 0.593. The number of alkyl halides is 1. The quantitative estimate of drug-likeness (QED) is 0.612.